The highest BCUT2D eigenvalue weighted by Crippen LogP contribution is 2.19. The van der Waals surface area contributed by atoms with Crippen molar-refractivity contribution in [3.63, 3.8) is 0 Å². The van der Waals surface area contributed by atoms with E-state index >= 15 is 0 Å². The van der Waals surface area contributed by atoms with Crippen molar-refractivity contribution < 1.29 is 9.59 Å². The van der Waals surface area contributed by atoms with Crippen LogP contribution in [0.5, 0.6) is 0 Å². The predicted molar refractivity (Wildman–Crippen MR) is 83.1 cm³/mol. The Labute approximate surface area is 128 Å². The van der Waals surface area contributed by atoms with Crippen molar-refractivity contribution in [2.75, 3.05) is 5.32 Å². The van der Waals surface area contributed by atoms with E-state index in [1.165, 1.54) is 0 Å². The first kappa shape index (κ1) is 15.6. The second kappa shape index (κ2) is 6.75. The zero-order valence-corrected chi connectivity index (χ0v) is 12.5. The summed E-state index contributed by atoms with van der Waals surface area (Å²) < 4.78 is 1.59. The lowest BCUT2D eigenvalue weighted by atomic mass is 10.0. The van der Waals surface area contributed by atoms with Crippen LogP contribution in [0.2, 0.25) is 0 Å². The molecule has 3 amide bonds. The predicted octanol–water partition coefficient (Wildman–Crippen LogP) is 1.47. The summed E-state index contributed by atoms with van der Waals surface area (Å²) in [5.74, 6) is -0.228. The van der Waals surface area contributed by atoms with Gasteiger partial charge in [0, 0.05) is 13.2 Å². The van der Waals surface area contributed by atoms with E-state index in [2.05, 4.69) is 15.7 Å². The van der Waals surface area contributed by atoms with Gasteiger partial charge in [-0.15, -0.1) is 0 Å². The monoisotopic (exact) mass is 301 g/mol. The van der Waals surface area contributed by atoms with Crippen molar-refractivity contribution in [2.45, 2.75) is 19.4 Å². The second-order valence-electron chi connectivity index (χ2n) is 5.13. The van der Waals surface area contributed by atoms with Gasteiger partial charge in [0.2, 0.25) is 5.91 Å². The topological polar surface area (TPSA) is 102 Å². The number of aromatic nitrogens is 2. The van der Waals surface area contributed by atoms with Gasteiger partial charge in [-0.25, -0.2) is 4.79 Å². The van der Waals surface area contributed by atoms with Gasteiger partial charge in [0.1, 0.15) is 0 Å². The molecule has 7 heteroatoms. The van der Waals surface area contributed by atoms with Gasteiger partial charge in [-0.2, -0.15) is 5.10 Å². The van der Waals surface area contributed by atoms with Gasteiger partial charge >= 0.3 is 6.03 Å². The Morgan fingerprint density at radius 3 is 2.77 bits per heavy atom. The molecule has 1 aromatic carbocycles. The van der Waals surface area contributed by atoms with Crippen LogP contribution in [0, 0.1) is 6.92 Å². The summed E-state index contributed by atoms with van der Waals surface area (Å²) in [7, 11) is 1.76. The first-order chi connectivity index (χ1) is 10.4. The van der Waals surface area contributed by atoms with Gasteiger partial charge in [-0.05, 0) is 12.5 Å². The summed E-state index contributed by atoms with van der Waals surface area (Å²) in [5, 5.41) is 9.32. The van der Waals surface area contributed by atoms with E-state index in [0.717, 1.165) is 11.1 Å². The Balaban J connectivity index is 2.09. The molecular weight excluding hydrogens is 282 g/mol. The van der Waals surface area contributed by atoms with E-state index in [1.54, 1.807) is 24.1 Å². The summed E-state index contributed by atoms with van der Waals surface area (Å²) in [4.78, 5) is 23.3. The quantitative estimate of drug-likeness (QED) is 0.779. The number of nitrogens with one attached hydrogen (secondary N) is 2. The van der Waals surface area contributed by atoms with Crippen molar-refractivity contribution in [3.05, 3.63) is 47.8 Å². The van der Waals surface area contributed by atoms with Crippen LogP contribution in [-0.4, -0.2) is 21.7 Å². The van der Waals surface area contributed by atoms with Crippen LogP contribution in [0.4, 0.5) is 10.5 Å². The third-order valence-corrected chi connectivity index (χ3v) is 3.14. The molecule has 1 heterocycles. The highest BCUT2D eigenvalue weighted by Gasteiger charge is 2.18. The molecule has 0 bridgehead atoms. The lowest BCUT2D eigenvalue weighted by molar-refractivity contribution is -0.116. The number of carbonyl (C=O) groups excluding carboxylic acids is 2. The first-order valence-electron chi connectivity index (χ1n) is 6.85. The number of urea groups is 1. The van der Waals surface area contributed by atoms with Crippen LogP contribution in [0.25, 0.3) is 0 Å². The number of aryl methyl sites for hydroxylation is 2. The molecule has 0 fully saturated rings. The molecule has 2 rings (SSSR count). The number of carbonyl (C=O) groups is 2. The average molecular weight is 301 g/mol. The van der Waals surface area contributed by atoms with Crippen molar-refractivity contribution in [1.29, 1.82) is 0 Å². The van der Waals surface area contributed by atoms with Crippen molar-refractivity contribution in [2.24, 2.45) is 12.8 Å². The number of hydrogen-bond donors (Lipinski definition) is 3. The van der Waals surface area contributed by atoms with Gasteiger partial charge in [0.05, 0.1) is 24.3 Å². The van der Waals surface area contributed by atoms with E-state index < -0.39 is 12.1 Å². The first-order valence-corrected chi connectivity index (χ1v) is 6.85. The van der Waals surface area contributed by atoms with E-state index in [1.807, 2.05) is 31.2 Å². The largest absolute Gasteiger partial charge is 0.352 e. The molecular formula is C15H19N5O2. The SMILES string of the molecule is Cc1cccc(C(CC(=O)Nc2cnn(C)c2)NC(N)=O)c1. The highest BCUT2D eigenvalue weighted by molar-refractivity contribution is 5.91. The van der Waals surface area contributed by atoms with E-state index in [4.69, 9.17) is 5.73 Å². The lowest BCUT2D eigenvalue weighted by Gasteiger charge is -2.18. The van der Waals surface area contributed by atoms with E-state index in [0.29, 0.717) is 5.69 Å². The maximum Gasteiger partial charge on any atom is 0.312 e. The number of hydrogen-bond acceptors (Lipinski definition) is 3. The Morgan fingerprint density at radius 2 is 2.18 bits per heavy atom. The molecule has 0 radical (unpaired) electrons. The minimum absolute atomic E-state index is 0.0846. The Hall–Kier alpha value is -2.83. The van der Waals surface area contributed by atoms with Crippen LogP contribution >= 0.6 is 0 Å². The summed E-state index contributed by atoms with van der Waals surface area (Å²) in [6.45, 7) is 1.94. The molecule has 0 spiro atoms. The number of amides is 3. The molecule has 0 aliphatic heterocycles. The van der Waals surface area contributed by atoms with Crippen molar-refractivity contribution in [1.82, 2.24) is 15.1 Å². The lowest BCUT2D eigenvalue weighted by Crippen LogP contribution is -2.35. The molecule has 22 heavy (non-hydrogen) atoms. The third kappa shape index (κ3) is 4.34. The van der Waals surface area contributed by atoms with Crippen molar-refractivity contribution in [3.8, 4) is 0 Å². The zero-order valence-electron chi connectivity index (χ0n) is 12.5. The number of nitrogens with two attached hydrogens (primary N) is 1. The molecule has 116 valence electrons. The molecule has 0 saturated carbocycles. The standard InChI is InChI=1S/C15H19N5O2/c1-10-4-3-5-11(6-10)13(19-15(16)22)7-14(21)18-12-8-17-20(2)9-12/h3-6,8-9,13H,7H2,1-2H3,(H,18,21)(H3,16,19,22). The Kier molecular flexibility index (Phi) is 4.77. The number of nitrogens with zero attached hydrogens (tertiary/aromatic N) is 2. The van der Waals surface area contributed by atoms with Gasteiger partial charge < -0.3 is 16.4 Å². The van der Waals surface area contributed by atoms with Crippen LogP contribution in [0.15, 0.2) is 36.7 Å². The Morgan fingerprint density at radius 1 is 1.41 bits per heavy atom. The normalized spacial score (nSPS) is 11.7. The number of rotatable bonds is 5. The van der Waals surface area contributed by atoms with E-state index in [9.17, 15) is 9.59 Å². The maximum absolute atomic E-state index is 12.1. The van der Waals surface area contributed by atoms with Crippen LogP contribution in [-0.2, 0) is 11.8 Å². The van der Waals surface area contributed by atoms with Crippen molar-refractivity contribution >= 4 is 17.6 Å². The molecule has 1 unspecified atom stereocenters. The Bertz CT molecular complexity index is 680. The fraction of sp³-hybridized carbons (Fsp3) is 0.267. The molecule has 7 nitrogen and oxygen atoms in total. The van der Waals surface area contributed by atoms with Gasteiger partial charge in [-0.1, -0.05) is 29.8 Å². The molecule has 4 N–H and O–H groups in total. The summed E-state index contributed by atoms with van der Waals surface area (Å²) in [6.07, 6.45) is 3.34. The fourth-order valence-corrected chi connectivity index (χ4v) is 2.19. The zero-order chi connectivity index (χ0) is 16.1. The van der Waals surface area contributed by atoms with Crippen LogP contribution in [0.1, 0.15) is 23.6 Å². The molecule has 0 aliphatic carbocycles. The molecule has 0 saturated heterocycles. The van der Waals surface area contributed by atoms with Gasteiger partial charge in [0.25, 0.3) is 0 Å². The number of anilines is 1. The molecule has 2 aromatic rings. The van der Waals surface area contributed by atoms with Gasteiger partial charge in [0.15, 0.2) is 0 Å². The molecule has 1 aromatic heterocycles. The smallest absolute Gasteiger partial charge is 0.312 e. The minimum Gasteiger partial charge on any atom is -0.352 e. The minimum atomic E-state index is -0.666. The summed E-state index contributed by atoms with van der Waals surface area (Å²) in [6, 6.07) is 6.44. The van der Waals surface area contributed by atoms with E-state index in [-0.39, 0.29) is 12.3 Å². The average Bonchev–Trinajstić information content (AvgIpc) is 2.82. The van der Waals surface area contributed by atoms with Gasteiger partial charge in [-0.3, -0.25) is 9.48 Å². The third-order valence-electron chi connectivity index (χ3n) is 3.14. The summed E-state index contributed by atoms with van der Waals surface area (Å²) >= 11 is 0. The second-order valence-corrected chi connectivity index (χ2v) is 5.13. The fourth-order valence-electron chi connectivity index (χ4n) is 2.19. The van der Waals surface area contributed by atoms with Crippen LogP contribution < -0.4 is 16.4 Å². The summed E-state index contributed by atoms with van der Waals surface area (Å²) in [5.41, 5.74) is 7.69. The highest BCUT2D eigenvalue weighted by atomic mass is 16.2. The number of benzene rings is 1. The molecule has 0 aliphatic rings. The maximum atomic E-state index is 12.1. The molecule has 1 atom stereocenters. The number of primary amides is 1. The van der Waals surface area contributed by atoms with Crippen LogP contribution in [0.3, 0.4) is 0 Å².